The third-order valence-electron chi connectivity index (χ3n) is 3.05. The van der Waals surface area contributed by atoms with Crippen molar-refractivity contribution in [1.82, 2.24) is 5.32 Å². The molecule has 0 radical (unpaired) electrons. The first kappa shape index (κ1) is 16.1. The summed E-state index contributed by atoms with van der Waals surface area (Å²) in [6.45, 7) is 4.80. The van der Waals surface area contributed by atoms with Crippen LogP contribution in [0.2, 0.25) is 0 Å². The maximum atomic E-state index is 10.1. The second-order valence-corrected chi connectivity index (χ2v) is 5.26. The first-order valence-corrected chi connectivity index (χ1v) is 7.22. The fraction of sp³-hybridized carbons (Fsp3) is 0.353. The van der Waals surface area contributed by atoms with Crippen molar-refractivity contribution in [1.29, 1.82) is 5.26 Å². The summed E-state index contributed by atoms with van der Waals surface area (Å²) in [7, 11) is 0. The van der Waals surface area contributed by atoms with Gasteiger partial charge in [-0.1, -0.05) is 12.1 Å². The van der Waals surface area contributed by atoms with Crippen molar-refractivity contribution in [3.8, 4) is 11.8 Å². The minimum absolute atomic E-state index is 0.129. The van der Waals surface area contributed by atoms with Crippen LogP contribution >= 0.6 is 0 Å². The molecule has 2 N–H and O–H groups in total. The number of hydrogen-bond acceptors (Lipinski definition) is 5. The van der Waals surface area contributed by atoms with Gasteiger partial charge in [-0.2, -0.15) is 5.26 Å². The van der Waals surface area contributed by atoms with Crippen molar-refractivity contribution in [2.45, 2.75) is 32.6 Å². The maximum Gasteiger partial charge on any atom is 0.203 e. The molecule has 0 amide bonds. The monoisotopic (exact) mass is 300 g/mol. The Morgan fingerprint density at radius 2 is 1.95 bits per heavy atom. The summed E-state index contributed by atoms with van der Waals surface area (Å²) in [5, 5.41) is 21.9. The number of nitrogens with one attached hydrogen (secondary N) is 1. The van der Waals surface area contributed by atoms with Crippen LogP contribution in [-0.4, -0.2) is 17.8 Å². The van der Waals surface area contributed by atoms with Crippen LogP contribution in [0.3, 0.4) is 0 Å². The number of hydrogen-bond donors (Lipinski definition) is 2. The zero-order valence-corrected chi connectivity index (χ0v) is 12.7. The second-order valence-electron chi connectivity index (χ2n) is 5.26. The van der Waals surface area contributed by atoms with Crippen LogP contribution in [0.4, 0.5) is 0 Å². The van der Waals surface area contributed by atoms with Gasteiger partial charge in [0.05, 0.1) is 18.8 Å². The zero-order chi connectivity index (χ0) is 15.9. The van der Waals surface area contributed by atoms with Gasteiger partial charge in [-0.05, 0) is 43.7 Å². The number of furan rings is 1. The smallest absolute Gasteiger partial charge is 0.203 e. The van der Waals surface area contributed by atoms with Gasteiger partial charge in [-0.15, -0.1) is 0 Å². The van der Waals surface area contributed by atoms with Crippen LogP contribution in [0.1, 0.15) is 37.0 Å². The van der Waals surface area contributed by atoms with Gasteiger partial charge in [0, 0.05) is 6.54 Å². The number of rotatable bonds is 7. The fourth-order valence-electron chi connectivity index (χ4n) is 2.02. The predicted molar refractivity (Wildman–Crippen MR) is 82.3 cm³/mol. The Morgan fingerprint density at radius 1 is 1.23 bits per heavy atom. The molecule has 1 heterocycles. The van der Waals surface area contributed by atoms with Crippen molar-refractivity contribution in [3.05, 3.63) is 53.5 Å². The maximum absolute atomic E-state index is 10.1. The van der Waals surface area contributed by atoms with E-state index in [1.807, 2.05) is 44.2 Å². The van der Waals surface area contributed by atoms with Gasteiger partial charge in [0.25, 0.3) is 0 Å². The van der Waals surface area contributed by atoms with Crippen molar-refractivity contribution in [3.63, 3.8) is 0 Å². The van der Waals surface area contributed by atoms with Crippen molar-refractivity contribution in [2.24, 2.45) is 0 Å². The van der Waals surface area contributed by atoms with Crippen LogP contribution in [0.5, 0.6) is 5.75 Å². The number of aliphatic hydroxyl groups is 1. The van der Waals surface area contributed by atoms with E-state index in [1.54, 1.807) is 12.1 Å². The Labute approximate surface area is 130 Å². The van der Waals surface area contributed by atoms with Crippen LogP contribution in [0.15, 0.2) is 40.8 Å². The van der Waals surface area contributed by atoms with Gasteiger partial charge in [0.2, 0.25) is 5.76 Å². The molecule has 0 saturated heterocycles. The highest BCUT2D eigenvalue weighted by atomic mass is 16.5. The predicted octanol–water partition coefficient (Wildman–Crippen LogP) is 2.76. The molecule has 1 unspecified atom stereocenters. The van der Waals surface area contributed by atoms with Gasteiger partial charge in [0.1, 0.15) is 17.6 Å². The molecule has 1 aromatic heterocycles. The highest BCUT2D eigenvalue weighted by Crippen LogP contribution is 2.18. The molecule has 2 rings (SSSR count). The number of benzene rings is 1. The summed E-state index contributed by atoms with van der Waals surface area (Å²) in [6, 6.07) is 12.7. The molecule has 1 atom stereocenters. The Bertz CT molecular complexity index is 626. The summed E-state index contributed by atoms with van der Waals surface area (Å²) in [4.78, 5) is 0. The first-order valence-electron chi connectivity index (χ1n) is 7.22. The summed E-state index contributed by atoms with van der Waals surface area (Å²) in [5.41, 5.74) is 0.820. The van der Waals surface area contributed by atoms with E-state index in [2.05, 4.69) is 5.32 Å². The molecule has 0 fully saturated rings. The van der Waals surface area contributed by atoms with Crippen LogP contribution in [0.25, 0.3) is 0 Å². The third-order valence-corrected chi connectivity index (χ3v) is 3.05. The molecule has 116 valence electrons. The molecule has 5 heteroatoms. The standard InChI is InChI=1S/C17H20N2O3/c1-12(2)21-14-5-3-13(4-6-14)17(20)11-19-10-16-8-7-15(9-18)22-16/h3-8,12,17,19-20H,10-11H2,1-2H3. The average Bonchev–Trinajstić information content (AvgIpc) is 2.95. The van der Waals surface area contributed by atoms with E-state index in [4.69, 9.17) is 14.4 Å². The van der Waals surface area contributed by atoms with E-state index < -0.39 is 6.10 Å². The molecular weight excluding hydrogens is 280 g/mol. The summed E-state index contributed by atoms with van der Waals surface area (Å²) >= 11 is 0. The van der Waals surface area contributed by atoms with Crippen LogP contribution in [0, 0.1) is 11.3 Å². The van der Waals surface area contributed by atoms with E-state index in [9.17, 15) is 5.11 Å². The minimum Gasteiger partial charge on any atom is -0.491 e. The van der Waals surface area contributed by atoms with E-state index in [0.717, 1.165) is 11.3 Å². The highest BCUT2D eigenvalue weighted by molar-refractivity contribution is 5.28. The molecule has 0 aliphatic carbocycles. The molecule has 0 aliphatic heterocycles. The normalized spacial score (nSPS) is 12.1. The molecule has 1 aromatic carbocycles. The minimum atomic E-state index is -0.613. The number of nitrogens with zero attached hydrogens (tertiary/aromatic N) is 1. The Balaban J connectivity index is 1.81. The quantitative estimate of drug-likeness (QED) is 0.822. The topological polar surface area (TPSA) is 78.4 Å². The highest BCUT2D eigenvalue weighted by Gasteiger charge is 2.08. The lowest BCUT2D eigenvalue weighted by molar-refractivity contribution is 0.173. The lowest BCUT2D eigenvalue weighted by atomic mass is 10.1. The Kier molecular flexibility index (Phi) is 5.59. The number of ether oxygens (including phenoxy) is 1. The summed E-state index contributed by atoms with van der Waals surface area (Å²) < 4.78 is 10.8. The van der Waals surface area contributed by atoms with Crippen molar-refractivity contribution < 1.29 is 14.3 Å². The average molecular weight is 300 g/mol. The lowest BCUT2D eigenvalue weighted by Gasteiger charge is -2.14. The molecule has 5 nitrogen and oxygen atoms in total. The van der Waals surface area contributed by atoms with Crippen LogP contribution < -0.4 is 10.1 Å². The van der Waals surface area contributed by atoms with Gasteiger partial charge in [0.15, 0.2) is 0 Å². The number of aliphatic hydroxyl groups excluding tert-OH is 1. The van der Waals surface area contributed by atoms with Gasteiger partial charge in [-0.25, -0.2) is 0 Å². The molecule has 2 aromatic rings. The van der Waals surface area contributed by atoms with Gasteiger partial charge in [-0.3, -0.25) is 0 Å². The van der Waals surface area contributed by atoms with Crippen molar-refractivity contribution >= 4 is 0 Å². The molecular formula is C17H20N2O3. The summed E-state index contributed by atoms with van der Waals surface area (Å²) in [5.74, 6) is 1.75. The molecule has 22 heavy (non-hydrogen) atoms. The van der Waals surface area contributed by atoms with Gasteiger partial charge >= 0.3 is 0 Å². The SMILES string of the molecule is CC(C)Oc1ccc(C(O)CNCc2ccc(C#N)o2)cc1. The van der Waals surface area contributed by atoms with E-state index in [0.29, 0.717) is 18.8 Å². The second kappa shape index (κ2) is 7.64. The first-order chi connectivity index (χ1) is 10.6. The Morgan fingerprint density at radius 3 is 2.55 bits per heavy atom. The largest absolute Gasteiger partial charge is 0.491 e. The van der Waals surface area contributed by atoms with E-state index >= 15 is 0 Å². The fourth-order valence-corrected chi connectivity index (χ4v) is 2.02. The Hall–Kier alpha value is -2.29. The number of nitriles is 1. The lowest BCUT2D eigenvalue weighted by Crippen LogP contribution is -2.20. The third kappa shape index (κ3) is 4.62. The summed E-state index contributed by atoms with van der Waals surface area (Å²) in [6.07, 6.45) is -0.484. The molecule has 0 aliphatic rings. The molecule has 0 bridgehead atoms. The van der Waals surface area contributed by atoms with Gasteiger partial charge < -0.3 is 19.6 Å². The van der Waals surface area contributed by atoms with E-state index in [1.165, 1.54) is 0 Å². The van der Waals surface area contributed by atoms with E-state index in [-0.39, 0.29) is 11.9 Å². The zero-order valence-electron chi connectivity index (χ0n) is 12.7. The molecule has 0 spiro atoms. The van der Waals surface area contributed by atoms with Crippen LogP contribution in [-0.2, 0) is 6.54 Å². The van der Waals surface area contributed by atoms with Crippen molar-refractivity contribution in [2.75, 3.05) is 6.54 Å². The molecule has 0 saturated carbocycles.